The van der Waals surface area contributed by atoms with Crippen LogP contribution in [-0.4, -0.2) is 37.4 Å². The normalized spacial score (nSPS) is 15.3. The van der Waals surface area contributed by atoms with Crippen molar-refractivity contribution in [2.45, 2.75) is 77.2 Å². The fourth-order valence-corrected chi connectivity index (χ4v) is 6.72. The van der Waals surface area contributed by atoms with E-state index in [1.807, 2.05) is 57.2 Å². The quantitative estimate of drug-likeness (QED) is 0.452. The number of sulfonamides is 1. The Balaban J connectivity index is 1.80. The lowest BCUT2D eigenvalue weighted by molar-refractivity contribution is -0.121. The van der Waals surface area contributed by atoms with E-state index in [4.69, 9.17) is 0 Å². The molecule has 2 aromatic carbocycles. The van der Waals surface area contributed by atoms with Gasteiger partial charge in [0.25, 0.3) is 5.91 Å². The average Bonchev–Trinajstić information content (AvgIpc) is 2.77. The second-order valence-corrected chi connectivity index (χ2v) is 10.8. The molecule has 1 aliphatic carbocycles. The van der Waals surface area contributed by atoms with Crippen molar-refractivity contribution in [3.8, 4) is 0 Å². The van der Waals surface area contributed by atoms with Gasteiger partial charge >= 0.3 is 0 Å². The maximum atomic E-state index is 13.8. The van der Waals surface area contributed by atoms with Gasteiger partial charge < -0.3 is 0 Å². The van der Waals surface area contributed by atoms with Gasteiger partial charge in [0.2, 0.25) is 10.0 Å². The predicted octanol–water partition coefficient (Wildman–Crippen LogP) is 4.65. The van der Waals surface area contributed by atoms with E-state index >= 15 is 0 Å². The molecule has 1 amide bonds. The third-order valence-electron chi connectivity index (χ3n) is 6.24. The highest BCUT2D eigenvalue weighted by Crippen LogP contribution is 2.31. The first-order valence-corrected chi connectivity index (χ1v) is 13.2. The number of carbonyl (C=O) groups is 1. The molecular formula is C26H35N3O3S. The van der Waals surface area contributed by atoms with E-state index in [9.17, 15) is 13.2 Å². The molecule has 1 N–H and O–H groups in total. The number of benzene rings is 2. The Labute approximate surface area is 198 Å². The topological polar surface area (TPSA) is 78.8 Å². The molecule has 0 aromatic heterocycles. The summed E-state index contributed by atoms with van der Waals surface area (Å²) in [6.07, 6.45) is 7.10. The molecule has 0 heterocycles. The number of hydrazone groups is 1. The fourth-order valence-electron chi connectivity index (χ4n) is 4.67. The Morgan fingerprint density at radius 2 is 1.67 bits per heavy atom. The van der Waals surface area contributed by atoms with Crippen molar-refractivity contribution in [2.24, 2.45) is 5.10 Å². The SMILES string of the molecule is CCc1ccc(/C=N/NC(=O)CN(C2CCCCC2)S(=O)(=O)c2c(C)cc(C)cc2C)cc1. The summed E-state index contributed by atoms with van der Waals surface area (Å²) in [6, 6.07) is 11.5. The molecule has 33 heavy (non-hydrogen) atoms. The molecule has 6 nitrogen and oxygen atoms in total. The van der Waals surface area contributed by atoms with Crippen LogP contribution in [0.15, 0.2) is 46.4 Å². The molecular weight excluding hydrogens is 434 g/mol. The van der Waals surface area contributed by atoms with Crippen LogP contribution in [0.2, 0.25) is 0 Å². The molecule has 178 valence electrons. The molecule has 7 heteroatoms. The summed E-state index contributed by atoms with van der Waals surface area (Å²) in [5, 5.41) is 4.05. The van der Waals surface area contributed by atoms with Crippen LogP contribution in [0.1, 0.15) is 66.8 Å². The molecule has 1 saturated carbocycles. The van der Waals surface area contributed by atoms with E-state index in [-0.39, 0.29) is 12.6 Å². The first kappa shape index (κ1) is 25.1. The minimum Gasteiger partial charge on any atom is -0.272 e. The summed E-state index contributed by atoms with van der Waals surface area (Å²) in [5.41, 5.74) is 7.06. The zero-order chi connectivity index (χ0) is 24.0. The molecule has 1 aliphatic rings. The molecule has 0 bridgehead atoms. The molecule has 3 rings (SSSR count). The molecule has 1 fully saturated rings. The summed E-state index contributed by atoms with van der Waals surface area (Å²) in [5.74, 6) is -0.437. The monoisotopic (exact) mass is 469 g/mol. The molecule has 0 spiro atoms. The highest BCUT2D eigenvalue weighted by atomic mass is 32.2. The van der Waals surface area contributed by atoms with E-state index in [2.05, 4.69) is 17.5 Å². The summed E-state index contributed by atoms with van der Waals surface area (Å²) >= 11 is 0. The average molecular weight is 470 g/mol. The largest absolute Gasteiger partial charge is 0.272 e. The smallest absolute Gasteiger partial charge is 0.255 e. The van der Waals surface area contributed by atoms with Crippen LogP contribution in [0.25, 0.3) is 0 Å². The molecule has 0 aliphatic heterocycles. The second kappa shape index (κ2) is 11.1. The lowest BCUT2D eigenvalue weighted by Gasteiger charge is -2.33. The van der Waals surface area contributed by atoms with Crippen LogP contribution in [-0.2, 0) is 21.2 Å². The summed E-state index contributed by atoms with van der Waals surface area (Å²) < 4.78 is 29.0. The first-order valence-electron chi connectivity index (χ1n) is 11.7. The van der Waals surface area contributed by atoms with Crippen molar-refractivity contribution in [3.05, 3.63) is 64.2 Å². The third-order valence-corrected chi connectivity index (χ3v) is 8.45. The van der Waals surface area contributed by atoms with Gasteiger partial charge in [0.05, 0.1) is 17.7 Å². The van der Waals surface area contributed by atoms with Crippen molar-refractivity contribution in [1.29, 1.82) is 0 Å². The third kappa shape index (κ3) is 6.30. The first-order chi connectivity index (χ1) is 15.7. The van der Waals surface area contributed by atoms with Gasteiger partial charge in [-0.2, -0.15) is 9.41 Å². The maximum absolute atomic E-state index is 13.8. The Kier molecular flexibility index (Phi) is 8.43. The van der Waals surface area contributed by atoms with Gasteiger partial charge in [0.1, 0.15) is 0 Å². The second-order valence-electron chi connectivity index (χ2n) is 8.96. The van der Waals surface area contributed by atoms with E-state index < -0.39 is 15.9 Å². The van der Waals surface area contributed by atoms with Crippen molar-refractivity contribution < 1.29 is 13.2 Å². The van der Waals surface area contributed by atoms with Crippen molar-refractivity contribution >= 4 is 22.1 Å². The summed E-state index contributed by atoms with van der Waals surface area (Å²) in [4.78, 5) is 13.1. The number of amides is 1. The summed E-state index contributed by atoms with van der Waals surface area (Å²) in [7, 11) is -3.84. The van der Waals surface area contributed by atoms with Gasteiger partial charge in [0.15, 0.2) is 0 Å². The number of hydrogen-bond donors (Lipinski definition) is 1. The minimum absolute atomic E-state index is 0.180. The highest BCUT2D eigenvalue weighted by molar-refractivity contribution is 7.89. The highest BCUT2D eigenvalue weighted by Gasteiger charge is 2.35. The number of nitrogens with one attached hydrogen (secondary N) is 1. The molecule has 0 atom stereocenters. The van der Waals surface area contributed by atoms with Crippen molar-refractivity contribution in [2.75, 3.05) is 6.54 Å². The zero-order valence-electron chi connectivity index (χ0n) is 20.1. The van der Waals surface area contributed by atoms with Crippen molar-refractivity contribution in [3.63, 3.8) is 0 Å². The molecule has 0 saturated heterocycles. The number of nitrogens with zero attached hydrogens (tertiary/aromatic N) is 2. The Morgan fingerprint density at radius 3 is 2.24 bits per heavy atom. The molecule has 2 aromatic rings. The fraction of sp³-hybridized carbons (Fsp3) is 0.462. The minimum atomic E-state index is -3.84. The molecule has 0 radical (unpaired) electrons. The van der Waals surface area contributed by atoms with Crippen LogP contribution >= 0.6 is 0 Å². The maximum Gasteiger partial charge on any atom is 0.255 e. The number of hydrogen-bond acceptors (Lipinski definition) is 4. The Hall–Kier alpha value is -2.51. The van der Waals surface area contributed by atoms with Crippen LogP contribution in [0.3, 0.4) is 0 Å². The lowest BCUT2D eigenvalue weighted by Crippen LogP contribution is -2.46. The van der Waals surface area contributed by atoms with E-state index in [1.54, 1.807) is 6.21 Å². The lowest BCUT2D eigenvalue weighted by atomic mass is 9.95. The number of carbonyl (C=O) groups excluding carboxylic acids is 1. The predicted molar refractivity (Wildman–Crippen MR) is 133 cm³/mol. The van der Waals surface area contributed by atoms with Gasteiger partial charge in [-0.05, 0) is 62.3 Å². The van der Waals surface area contributed by atoms with E-state index in [1.165, 1.54) is 9.87 Å². The van der Waals surface area contributed by atoms with Crippen LogP contribution in [0.4, 0.5) is 0 Å². The zero-order valence-corrected chi connectivity index (χ0v) is 20.9. The number of rotatable bonds is 8. The standard InChI is InChI=1S/C26H35N3O3S/c1-5-22-11-13-23(14-12-22)17-27-28-25(30)18-29(24-9-7-6-8-10-24)33(31,32)26-20(3)15-19(2)16-21(26)4/h11-17,24H,5-10,18H2,1-4H3,(H,28,30)/b27-17+. The van der Waals surface area contributed by atoms with E-state index in [0.717, 1.165) is 49.7 Å². The van der Waals surface area contributed by atoms with Crippen molar-refractivity contribution in [1.82, 2.24) is 9.73 Å². The van der Waals surface area contributed by atoms with Gasteiger partial charge in [-0.3, -0.25) is 4.79 Å². The molecule has 0 unspecified atom stereocenters. The Bertz CT molecular complexity index is 1080. The van der Waals surface area contributed by atoms with Gasteiger partial charge in [-0.1, -0.05) is 68.1 Å². The van der Waals surface area contributed by atoms with Gasteiger partial charge in [-0.15, -0.1) is 0 Å². The number of aryl methyl sites for hydroxylation is 4. The van der Waals surface area contributed by atoms with Crippen LogP contribution in [0.5, 0.6) is 0 Å². The Morgan fingerprint density at radius 1 is 1.06 bits per heavy atom. The van der Waals surface area contributed by atoms with Gasteiger partial charge in [0, 0.05) is 6.04 Å². The summed E-state index contributed by atoms with van der Waals surface area (Å²) in [6.45, 7) is 7.44. The van der Waals surface area contributed by atoms with Gasteiger partial charge in [-0.25, -0.2) is 13.8 Å². The van der Waals surface area contributed by atoms with Crippen LogP contribution in [0, 0.1) is 20.8 Å². The van der Waals surface area contributed by atoms with E-state index in [0.29, 0.717) is 16.0 Å². The van der Waals surface area contributed by atoms with Crippen LogP contribution < -0.4 is 5.43 Å².